The van der Waals surface area contributed by atoms with E-state index < -0.39 is 0 Å². The summed E-state index contributed by atoms with van der Waals surface area (Å²) in [6, 6.07) is 0. The number of hydrogen-bond acceptors (Lipinski definition) is 3. The lowest BCUT2D eigenvalue weighted by atomic mass is 9.97. The molecule has 1 rings (SSSR count). The highest BCUT2D eigenvalue weighted by atomic mass is 16.5. The molecule has 0 amide bonds. The van der Waals surface area contributed by atoms with E-state index in [-0.39, 0.29) is 17.7 Å². The fourth-order valence-electron chi connectivity index (χ4n) is 1.91. The summed E-state index contributed by atoms with van der Waals surface area (Å²) in [5.74, 6) is 0.0750. The highest BCUT2D eigenvalue weighted by molar-refractivity contribution is 5.98. The van der Waals surface area contributed by atoms with E-state index in [1.165, 1.54) is 7.11 Å². The van der Waals surface area contributed by atoms with Crippen LogP contribution in [0.25, 0.3) is 0 Å². The first-order chi connectivity index (χ1) is 7.19. The maximum absolute atomic E-state index is 11.5. The van der Waals surface area contributed by atoms with Gasteiger partial charge in [-0.15, -0.1) is 0 Å². The average Bonchev–Trinajstić information content (AvgIpc) is 2.57. The third-order valence-electron chi connectivity index (χ3n) is 2.78. The van der Waals surface area contributed by atoms with Crippen molar-refractivity contribution in [3.05, 3.63) is 11.6 Å². The fraction of sp³-hybridized carbons (Fsp3) is 0.667. The summed E-state index contributed by atoms with van der Waals surface area (Å²) in [5, 5.41) is 0. The standard InChI is InChI=1S/C12H18O3/c1-3-4-5-10-9(6-7-11(10)13)8-12(14)15-2/h5,9H,3-4,6-8H2,1-2H3/b10-5+. The van der Waals surface area contributed by atoms with E-state index >= 15 is 0 Å². The van der Waals surface area contributed by atoms with E-state index in [9.17, 15) is 9.59 Å². The van der Waals surface area contributed by atoms with Crippen molar-refractivity contribution in [1.82, 2.24) is 0 Å². The molecule has 0 radical (unpaired) electrons. The smallest absolute Gasteiger partial charge is 0.306 e. The van der Waals surface area contributed by atoms with Crippen LogP contribution >= 0.6 is 0 Å². The normalized spacial score (nSPS) is 23.5. The number of carbonyl (C=O) groups excluding carboxylic acids is 2. The van der Waals surface area contributed by atoms with E-state index in [1.807, 2.05) is 6.08 Å². The summed E-state index contributed by atoms with van der Waals surface area (Å²) >= 11 is 0. The molecule has 1 aliphatic rings. The lowest BCUT2D eigenvalue weighted by molar-refractivity contribution is -0.141. The molecule has 1 atom stereocenters. The zero-order valence-corrected chi connectivity index (χ0v) is 9.41. The number of carbonyl (C=O) groups is 2. The van der Waals surface area contributed by atoms with Crippen LogP contribution in [0, 0.1) is 5.92 Å². The molecule has 15 heavy (non-hydrogen) atoms. The zero-order valence-electron chi connectivity index (χ0n) is 9.41. The number of allylic oxidation sites excluding steroid dienone is 2. The van der Waals surface area contributed by atoms with E-state index in [0.717, 1.165) is 24.8 Å². The van der Waals surface area contributed by atoms with Crippen LogP contribution in [0.4, 0.5) is 0 Å². The van der Waals surface area contributed by atoms with E-state index in [0.29, 0.717) is 12.8 Å². The molecule has 0 aliphatic heterocycles. The van der Waals surface area contributed by atoms with Crippen LogP contribution in [-0.4, -0.2) is 18.9 Å². The minimum atomic E-state index is -0.225. The van der Waals surface area contributed by atoms with Gasteiger partial charge >= 0.3 is 5.97 Å². The monoisotopic (exact) mass is 210 g/mol. The molecule has 0 aromatic rings. The van der Waals surface area contributed by atoms with Crippen molar-refractivity contribution in [1.29, 1.82) is 0 Å². The summed E-state index contributed by atoms with van der Waals surface area (Å²) in [6.45, 7) is 2.08. The second kappa shape index (κ2) is 5.69. The molecule has 1 unspecified atom stereocenters. The topological polar surface area (TPSA) is 43.4 Å². The number of esters is 1. The van der Waals surface area contributed by atoms with E-state index in [4.69, 9.17) is 0 Å². The lowest BCUT2D eigenvalue weighted by Gasteiger charge is -2.08. The lowest BCUT2D eigenvalue weighted by Crippen LogP contribution is -2.10. The largest absolute Gasteiger partial charge is 0.469 e. The van der Waals surface area contributed by atoms with Gasteiger partial charge in [0.25, 0.3) is 0 Å². The van der Waals surface area contributed by atoms with Crippen LogP contribution in [0.2, 0.25) is 0 Å². The first kappa shape index (κ1) is 12.0. The molecule has 0 spiro atoms. The Morgan fingerprint density at radius 3 is 2.93 bits per heavy atom. The summed E-state index contributed by atoms with van der Waals surface area (Å²) in [5.41, 5.74) is 0.849. The number of ketones is 1. The molecule has 1 saturated carbocycles. The average molecular weight is 210 g/mol. The second-order valence-corrected chi connectivity index (χ2v) is 3.89. The number of Topliss-reactive ketones (excluding diaryl/α,β-unsaturated/α-hetero) is 1. The third-order valence-corrected chi connectivity index (χ3v) is 2.78. The number of methoxy groups -OCH3 is 1. The summed E-state index contributed by atoms with van der Waals surface area (Å²) in [6.07, 6.45) is 5.65. The van der Waals surface area contributed by atoms with E-state index in [1.54, 1.807) is 0 Å². The van der Waals surface area contributed by atoms with Crippen LogP contribution < -0.4 is 0 Å². The Labute approximate surface area is 90.5 Å². The fourth-order valence-corrected chi connectivity index (χ4v) is 1.91. The molecule has 0 aromatic heterocycles. The number of unbranched alkanes of at least 4 members (excludes halogenated alkanes) is 1. The van der Waals surface area contributed by atoms with Gasteiger partial charge in [0.1, 0.15) is 0 Å². The van der Waals surface area contributed by atoms with Crippen molar-refractivity contribution in [3.8, 4) is 0 Å². The van der Waals surface area contributed by atoms with Crippen LogP contribution in [0.5, 0.6) is 0 Å². The number of ether oxygens (including phenoxy) is 1. The number of rotatable bonds is 4. The van der Waals surface area contributed by atoms with Gasteiger partial charge in [0.2, 0.25) is 0 Å². The predicted octanol–water partition coefficient (Wildman–Crippen LogP) is 2.26. The quantitative estimate of drug-likeness (QED) is 0.528. The summed E-state index contributed by atoms with van der Waals surface area (Å²) in [4.78, 5) is 22.7. The van der Waals surface area contributed by atoms with Crippen molar-refractivity contribution in [2.24, 2.45) is 5.92 Å². The Balaban J connectivity index is 2.63. The Hall–Kier alpha value is -1.12. The Morgan fingerprint density at radius 1 is 1.60 bits per heavy atom. The van der Waals surface area contributed by atoms with Gasteiger partial charge in [0.15, 0.2) is 5.78 Å². The van der Waals surface area contributed by atoms with Crippen LogP contribution in [-0.2, 0) is 14.3 Å². The molecule has 0 saturated heterocycles. The highest BCUT2D eigenvalue weighted by Gasteiger charge is 2.29. The summed E-state index contributed by atoms with van der Waals surface area (Å²) < 4.78 is 4.62. The first-order valence-electron chi connectivity index (χ1n) is 5.49. The minimum absolute atomic E-state index is 0.0940. The van der Waals surface area contributed by atoms with Gasteiger partial charge in [-0.25, -0.2) is 0 Å². The van der Waals surface area contributed by atoms with E-state index in [2.05, 4.69) is 11.7 Å². The maximum Gasteiger partial charge on any atom is 0.306 e. The third kappa shape index (κ3) is 3.18. The van der Waals surface area contributed by atoms with Crippen molar-refractivity contribution < 1.29 is 14.3 Å². The van der Waals surface area contributed by atoms with Crippen LogP contribution in [0.3, 0.4) is 0 Å². The Morgan fingerprint density at radius 2 is 2.33 bits per heavy atom. The van der Waals surface area contributed by atoms with Gasteiger partial charge in [-0.3, -0.25) is 9.59 Å². The van der Waals surface area contributed by atoms with Crippen molar-refractivity contribution in [3.63, 3.8) is 0 Å². The Kier molecular flexibility index (Phi) is 4.53. The van der Waals surface area contributed by atoms with Gasteiger partial charge in [-0.1, -0.05) is 19.4 Å². The number of hydrogen-bond donors (Lipinski definition) is 0. The van der Waals surface area contributed by atoms with Crippen LogP contribution in [0.15, 0.2) is 11.6 Å². The molecule has 0 N–H and O–H groups in total. The highest BCUT2D eigenvalue weighted by Crippen LogP contribution is 2.31. The SMILES string of the molecule is CCC/C=C1/C(=O)CCC1CC(=O)OC. The molecule has 0 bridgehead atoms. The molecule has 0 aromatic carbocycles. The maximum atomic E-state index is 11.5. The van der Waals surface area contributed by atoms with Gasteiger partial charge in [0.05, 0.1) is 13.5 Å². The Bertz CT molecular complexity index is 279. The predicted molar refractivity (Wildman–Crippen MR) is 57.4 cm³/mol. The molecule has 3 nitrogen and oxygen atoms in total. The van der Waals surface area contributed by atoms with Crippen LogP contribution in [0.1, 0.15) is 39.0 Å². The van der Waals surface area contributed by atoms with Gasteiger partial charge < -0.3 is 4.74 Å². The minimum Gasteiger partial charge on any atom is -0.469 e. The molecular weight excluding hydrogens is 192 g/mol. The molecule has 3 heteroatoms. The van der Waals surface area contributed by atoms with Gasteiger partial charge in [-0.2, -0.15) is 0 Å². The first-order valence-corrected chi connectivity index (χ1v) is 5.49. The van der Waals surface area contributed by atoms with Crippen molar-refractivity contribution in [2.75, 3.05) is 7.11 Å². The van der Waals surface area contributed by atoms with Crippen molar-refractivity contribution >= 4 is 11.8 Å². The molecule has 1 aliphatic carbocycles. The van der Waals surface area contributed by atoms with Gasteiger partial charge in [-0.05, 0) is 24.3 Å². The molecule has 84 valence electrons. The second-order valence-electron chi connectivity index (χ2n) is 3.89. The summed E-state index contributed by atoms with van der Waals surface area (Å²) in [7, 11) is 1.38. The molecule has 1 fully saturated rings. The van der Waals surface area contributed by atoms with Crippen molar-refractivity contribution in [2.45, 2.75) is 39.0 Å². The molecule has 0 heterocycles. The van der Waals surface area contributed by atoms with Gasteiger partial charge in [0, 0.05) is 6.42 Å². The zero-order chi connectivity index (χ0) is 11.3. The molecular formula is C12H18O3.